The van der Waals surface area contributed by atoms with Crippen LogP contribution in [0.1, 0.15) is 13.0 Å². The maximum atomic E-state index is 13.3. The highest BCUT2D eigenvalue weighted by molar-refractivity contribution is 6.30. The highest BCUT2D eigenvalue weighted by Crippen LogP contribution is 2.29. The number of carboxylic acid groups (broad SMARTS) is 1. The Kier molecular flexibility index (Phi) is 5.64. The van der Waals surface area contributed by atoms with Gasteiger partial charge >= 0.3 is 6.09 Å². The van der Waals surface area contributed by atoms with Crippen LogP contribution in [0.25, 0.3) is 33.4 Å². The van der Waals surface area contributed by atoms with Gasteiger partial charge in [0.15, 0.2) is 0 Å². The zero-order chi connectivity index (χ0) is 22.0. The lowest BCUT2D eigenvalue weighted by molar-refractivity contribution is 0.192. The van der Waals surface area contributed by atoms with Gasteiger partial charge in [-0.2, -0.15) is 0 Å². The van der Waals surface area contributed by atoms with Gasteiger partial charge in [0.05, 0.1) is 29.1 Å². The lowest BCUT2D eigenvalue weighted by Gasteiger charge is -2.16. The molecule has 0 saturated heterocycles. The molecule has 156 valence electrons. The van der Waals surface area contributed by atoms with Gasteiger partial charge in [-0.1, -0.05) is 23.7 Å². The number of pyridine rings is 2. The van der Waals surface area contributed by atoms with Crippen LogP contribution in [0.15, 0.2) is 66.0 Å². The van der Waals surface area contributed by atoms with Crippen molar-refractivity contribution in [3.8, 4) is 22.5 Å². The van der Waals surface area contributed by atoms with E-state index in [9.17, 15) is 9.59 Å². The van der Waals surface area contributed by atoms with Crippen LogP contribution in [0.3, 0.4) is 0 Å². The largest absolute Gasteiger partial charge is 0.465 e. The number of amides is 1. The van der Waals surface area contributed by atoms with E-state index in [1.165, 1.54) is 10.9 Å². The first-order valence-corrected chi connectivity index (χ1v) is 9.87. The third kappa shape index (κ3) is 4.24. The standard InChI is InChI=1S/C22H18ClN5O3/c1-13(10-25-22(30)31)28-12-26-20-17(21(28)29)9-18(14-4-6-16(23)7-5-14)27-19(20)15-3-2-8-24-11-15/h2-9,11-13,25H,10H2,1H3,(H,30,31). The van der Waals surface area contributed by atoms with Gasteiger partial charge in [0.2, 0.25) is 0 Å². The maximum absolute atomic E-state index is 13.3. The predicted octanol–water partition coefficient (Wildman–Crippen LogP) is 4.00. The topological polar surface area (TPSA) is 110 Å². The second-order valence-electron chi connectivity index (χ2n) is 6.99. The Morgan fingerprint density at radius 3 is 2.68 bits per heavy atom. The first kappa shape index (κ1) is 20.5. The summed E-state index contributed by atoms with van der Waals surface area (Å²) in [6.45, 7) is 1.82. The quantitative estimate of drug-likeness (QED) is 0.490. The zero-order valence-electron chi connectivity index (χ0n) is 16.5. The number of nitrogens with zero attached hydrogens (tertiary/aromatic N) is 4. The monoisotopic (exact) mass is 435 g/mol. The van der Waals surface area contributed by atoms with Crippen molar-refractivity contribution < 1.29 is 9.90 Å². The predicted molar refractivity (Wildman–Crippen MR) is 118 cm³/mol. The van der Waals surface area contributed by atoms with Gasteiger partial charge in [-0.15, -0.1) is 0 Å². The normalized spacial score (nSPS) is 11.9. The molecule has 0 aliphatic rings. The van der Waals surface area contributed by atoms with Crippen LogP contribution >= 0.6 is 11.6 Å². The molecule has 3 heterocycles. The molecule has 9 heteroatoms. The molecule has 4 aromatic rings. The smallest absolute Gasteiger partial charge is 0.404 e. The molecule has 1 amide bonds. The summed E-state index contributed by atoms with van der Waals surface area (Å²) in [5.41, 5.74) is 2.82. The molecular formula is C22H18ClN5O3. The molecular weight excluding hydrogens is 418 g/mol. The number of hydrogen-bond acceptors (Lipinski definition) is 5. The molecule has 8 nitrogen and oxygen atoms in total. The summed E-state index contributed by atoms with van der Waals surface area (Å²) in [4.78, 5) is 37.6. The van der Waals surface area contributed by atoms with E-state index in [1.54, 1.807) is 43.6 Å². The maximum Gasteiger partial charge on any atom is 0.404 e. The van der Waals surface area contributed by atoms with Crippen molar-refractivity contribution in [1.82, 2.24) is 24.8 Å². The number of aromatic nitrogens is 4. The molecule has 0 radical (unpaired) electrons. The van der Waals surface area contributed by atoms with E-state index >= 15 is 0 Å². The first-order valence-electron chi connectivity index (χ1n) is 9.49. The summed E-state index contributed by atoms with van der Waals surface area (Å²) in [6, 6.07) is 12.1. The van der Waals surface area contributed by atoms with Gasteiger partial charge in [0.25, 0.3) is 5.56 Å². The Hall–Kier alpha value is -3.78. The minimum Gasteiger partial charge on any atom is -0.465 e. The molecule has 0 spiro atoms. The third-order valence-electron chi connectivity index (χ3n) is 4.87. The van der Waals surface area contributed by atoms with Crippen molar-refractivity contribution >= 4 is 28.6 Å². The van der Waals surface area contributed by atoms with Crippen molar-refractivity contribution in [2.75, 3.05) is 6.54 Å². The van der Waals surface area contributed by atoms with Gasteiger partial charge in [0.1, 0.15) is 5.52 Å². The van der Waals surface area contributed by atoms with E-state index in [-0.39, 0.29) is 12.1 Å². The van der Waals surface area contributed by atoms with Gasteiger partial charge in [-0.3, -0.25) is 14.3 Å². The van der Waals surface area contributed by atoms with Crippen LogP contribution in [0.2, 0.25) is 5.02 Å². The number of hydrogen-bond donors (Lipinski definition) is 2. The van der Waals surface area contributed by atoms with Crippen LogP contribution < -0.4 is 10.9 Å². The minimum absolute atomic E-state index is 0.0764. The highest BCUT2D eigenvalue weighted by atomic mass is 35.5. The lowest BCUT2D eigenvalue weighted by atomic mass is 10.1. The van der Waals surface area contributed by atoms with Crippen LogP contribution in [0.4, 0.5) is 4.79 Å². The number of fused-ring (bicyclic) bond motifs is 1. The number of halogens is 1. The average Bonchev–Trinajstić information content (AvgIpc) is 2.78. The molecule has 0 bridgehead atoms. The van der Waals surface area contributed by atoms with Crippen molar-refractivity contribution in [3.05, 3.63) is 76.6 Å². The van der Waals surface area contributed by atoms with E-state index in [0.29, 0.717) is 27.3 Å². The fourth-order valence-corrected chi connectivity index (χ4v) is 3.39. The molecule has 2 N–H and O–H groups in total. The Bertz CT molecular complexity index is 1310. The van der Waals surface area contributed by atoms with Crippen LogP contribution in [0.5, 0.6) is 0 Å². The molecule has 0 aliphatic carbocycles. The first-order chi connectivity index (χ1) is 14.9. The fourth-order valence-electron chi connectivity index (χ4n) is 3.26. The van der Waals surface area contributed by atoms with E-state index in [1.807, 2.05) is 18.2 Å². The van der Waals surface area contributed by atoms with Crippen LogP contribution in [0, 0.1) is 0 Å². The summed E-state index contributed by atoms with van der Waals surface area (Å²) >= 11 is 6.01. The Morgan fingerprint density at radius 1 is 1.23 bits per heavy atom. The van der Waals surface area contributed by atoms with Crippen molar-refractivity contribution in [2.24, 2.45) is 0 Å². The minimum atomic E-state index is -1.15. The fraction of sp³-hybridized carbons (Fsp3) is 0.136. The second kappa shape index (κ2) is 8.53. The second-order valence-corrected chi connectivity index (χ2v) is 7.43. The average molecular weight is 436 g/mol. The third-order valence-corrected chi connectivity index (χ3v) is 5.12. The molecule has 1 atom stereocenters. The molecule has 31 heavy (non-hydrogen) atoms. The van der Waals surface area contributed by atoms with Crippen LogP contribution in [-0.2, 0) is 0 Å². The van der Waals surface area contributed by atoms with Gasteiger partial charge in [0, 0.05) is 35.1 Å². The number of rotatable bonds is 5. The summed E-state index contributed by atoms with van der Waals surface area (Å²) in [7, 11) is 0. The summed E-state index contributed by atoms with van der Waals surface area (Å²) in [5, 5.41) is 12.1. The summed E-state index contributed by atoms with van der Waals surface area (Å²) in [6.07, 6.45) is 3.59. The zero-order valence-corrected chi connectivity index (χ0v) is 17.2. The van der Waals surface area contributed by atoms with Crippen molar-refractivity contribution in [2.45, 2.75) is 13.0 Å². The molecule has 1 unspecified atom stereocenters. The van der Waals surface area contributed by atoms with E-state index < -0.39 is 12.1 Å². The Morgan fingerprint density at radius 2 is 2.00 bits per heavy atom. The van der Waals surface area contributed by atoms with E-state index in [4.69, 9.17) is 21.7 Å². The van der Waals surface area contributed by atoms with E-state index in [2.05, 4.69) is 15.3 Å². The number of carbonyl (C=O) groups is 1. The summed E-state index contributed by atoms with van der Waals surface area (Å²) < 4.78 is 1.41. The molecule has 0 fully saturated rings. The molecule has 1 aromatic carbocycles. The van der Waals surface area contributed by atoms with Gasteiger partial charge in [-0.05, 0) is 37.3 Å². The van der Waals surface area contributed by atoms with Gasteiger partial charge in [-0.25, -0.2) is 14.8 Å². The molecule has 0 saturated carbocycles. The molecule has 0 aliphatic heterocycles. The highest BCUT2D eigenvalue weighted by Gasteiger charge is 2.17. The summed E-state index contributed by atoms with van der Waals surface area (Å²) in [5.74, 6) is 0. The van der Waals surface area contributed by atoms with Gasteiger partial charge < -0.3 is 10.4 Å². The molecule has 3 aromatic heterocycles. The van der Waals surface area contributed by atoms with E-state index in [0.717, 1.165) is 11.1 Å². The number of benzene rings is 1. The lowest BCUT2D eigenvalue weighted by Crippen LogP contribution is -2.33. The van der Waals surface area contributed by atoms with Crippen molar-refractivity contribution in [3.63, 3.8) is 0 Å². The SMILES string of the molecule is CC(CNC(=O)O)n1cnc2c(-c3cccnc3)nc(-c3ccc(Cl)cc3)cc2c1=O. The Balaban J connectivity index is 1.93. The van der Waals surface area contributed by atoms with Crippen LogP contribution in [-0.4, -0.2) is 37.3 Å². The number of nitrogens with one attached hydrogen (secondary N) is 1. The Labute approximate surface area is 182 Å². The molecule has 4 rings (SSSR count). The van der Waals surface area contributed by atoms with Crippen molar-refractivity contribution in [1.29, 1.82) is 0 Å².